The quantitative estimate of drug-likeness (QED) is 0.600. The van der Waals surface area contributed by atoms with E-state index < -0.39 is 21.2 Å². The molecule has 0 aliphatic rings. The van der Waals surface area contributed by atoms with E-state index in [4.69, 9.17) is 4.42 Å². The van der Waals surface area contributed by atoms with Crippen molar-refractivity contribution in [3.05, 3.63) is 56.8 Å². The molecule has 0 aliphatic carbocycles. The Balaban J connectivity index is 2.72. The normalized spacial score (nSPS) is 10.1. The lowest BCUT2D eigenvalue weighted by molar-refractivity contribution is -0.422. The molecule has 86 valence electrons. The fraction of sp³-hybridized carbons (Fsp3) is 0. The second-order valence-corrected chi connectivity index (χ2v) is 3.16. The van der Waals surface area contributed by atoms with Crippen LogP contribution in [-0.2, 0) is 0 Å². The van der Waals surface area contributed by atoms with E-state index >= 15 is 0 Å². The van der Waals surface area contributed by atoms with Crippen molar-refractivity contribution in [2.45, 2.75) is 0 Å². The van der Waals surface area contributed by atoms with Crippen LogP contribution < -0.4 is 0 Å². The predicted octanol–water partition coefficient (Wildman–Crippen LogP) is 2.76. The maximum absolute atomic E-state index is 10.9. The molecule has 7 nitrogen and oxygen atoms in total. The van der Waals surface area contributed by atoms with Gasteiger partial charge in [-0.3, -0.25) is 20.2 Å². The van der Waals surface area contributed by atoms with Gasteiger partial charge in [0, 0.05) is 6.07 Å². The molecule has 0 radical (unpaired) electrons. The van der Waals surface area contributed by atoms with Crippen molar-refractivity contribution in [2.24, 2.45) is 0 Å². The number of furan rings is 1. The summed E-state index contributed by atoms with van der Waals surface area (Å²) in [6.45, 7) is 0. The first kappa shape index (κ1) is 10.8. The van der Waals surface area contributed by atoms with Crippen molar-refractivity contribution in [1.29, 1.82) is 0 Å². The Morgan fingerprint density at radius 3 is 2.29 bits per heavy atom. The Kier molecular flexibility index (Phi) is 2.57. The SMILES string of the molecule is O=[N+]([O-])c1cccc(-c2ccco2)c1[N+](=O)[O-]. The standard InChI is InChI=1S/C10H6N2O5/c13-11(14)8-4-1-3-7(10(8)12(15)16)9-5-2-6-17-9/h1-6H. The molecule has 1 aromatic heterocycles. The third-order valence-electron chi connectivity index (χ3n) is 2.18. The molecule has 0 atom stereocenters. The van der Waals surface area contributed by atoms with Gasteiger partial charge in [0.25, 0.3) is 0 Å². The minimum Gasteiger partial charge on any atom is -0.464 e. The van der Waals surface area contributed by atoms with Crippen LogP contribution in [0.25, 0.3) is 11.3 Å². The summed E-state index contributed by atoms with van der Waals surface area (Å²) < 4.78 is 5.02. The summed E-state index contributed by atoms with van der Waals surface area (Å²) in [4.78, 5) is 20.1. The second-order valence-electron chi connectivity index (χ2n) is 3.16. The van der Waals surface area contributed by atoms with E-state index in [9.17, 15) is 20.2 Å². The molecular weight excluding hydrogens is 228 g/mol. The topological polar surface area (TPSA) is 99.4 Å². The van der Waals surface area contributed by atoms with Gasteiger partial charge in [-0.1, -0.05) is 6.07 Å². The molecule has 7 heteroatoms. The zero-order chi connectivity index (χ0) is 12.4. The number of benzene rings is 1. The van der Waals surface area contributed by atoms with E-state index in [0.29, 0.717) is 0 Å². The molecule has 2 rings (SSSR count). The first-order chi connectivity index (χ1) is 8.11. The maximum Gasteiger partial charge on any atom is 0.356 e. The molecule has 0 fully saturated rings. The van der Waals surface area contributed by atoms with Gasteiger partial charge in [0.1, 0.15) is 11.3 Å². The Bertz CT molecular complexity index is 576. The molecule has 1 aromatic carbocycles. The van der Waals surface area contributed by atoms with Crippen LogP contribution in [0.1, 0.15) is 0 Å². The summed E-state index contributed by atoms with van der Waals surface area (Å²) in [6.07, 6.45) is 1.35. The molecule has 0 bridgehead atoms. The lowest BCUT2D eigenvalue weighted by atomic mass is 10.1. The number of nitro benzene ring substituents is 2. The van der Waals surface area contributed by atoms with E-state index in [-0.39, 0.29) is 11.3 Å². The number of nitro groups is 2. The van der Waals surface area contributed by atoms with E-state index in [1.165, 1.54) is 24.5 Å². The van der Waals surface area contributed by atoms with Crippen molar-refractivity contribution in [1.82, 2.24) is 0 Å². The molecule has 17 heavy (non-hydrogen) atoms. The lowest BCUT2D eigenvalue weighted by Gasteiger charge is -2.00. The van der Waals surface area contributed by atoms with Crippen LogP contribution in [0.5, 0.6) is 0 Å². The summed E-state index contributed by atoms with van der Waals surface area (Å²) in [6, 6.07) is 6.93. The van der Waals surface area contributed by atoms with Crippen LogP contribution in [0.4, 0.5) is 11.4 Å². The van der Waals surface area contributed by atoms with Crippen LogP contribution in [-0.4, -0.2) is 9.85 Å². The van der Waals surface area contributed by atoms with E-state index in [0.717, 1.165) is 6.07 Å². The predicted molar refractivity (Wildman–Crippen MR) is 57.5 cm³/mol. The molecule has 0 saturated heterocycles. The van der Waals surface area contributed by atoms with Gasteiger partial charge < -0.3 is 4.42 Å². The van der Waals surface area contributed by atoms with Crippen LogP contribution in [0.3, 0.4) is 0 Å². The molecule has 2 aromatic rings. The highest BCUT2D eigenvalue weighted by atomic mass is 16.6. The Hall–Kier alpha value is -2.70. The molecule has 1 heterocycles. The summed E-state index contributed by atoms with van der Waals surface area (Å²) in [5, 5.41) is 21.6. The monoisotopic (exact) mass is 234 g/mol. The average Bonchev–Trinajstić information content (AvgIpc) is 2.81. The zero-order valence-electron chi connectivity index (χ0n) is 8.40. The third kappa shape index (κ3) is 1.85. The minimum absolute atomic E-state index is 0.0919. The Morgan fingerprint density at radius 2 is 1.76 bits per heavy atom. The summed E-state index contributed by atoms with van der Waals surface area (Å²) >= 11 is 0. The molecular formula is C10H6N2O5. The smallest absolute Gasteiger partial charge is 0.356 e. The summed E-state index contributed by atoms with van der Waals surface area (Å²) in [5.74, 6) is 0.223. The van der Waals surface area contributed by atoms with Crippen LogP contribution in [0, 0.1) is 20.2 Å². The highest BCUT2D eigenvalue weighted by Gasteiger charge is 2.29. The third-order valence-corrected chi connectivity index (χ3v) is 2.18. The van der Waals surface area contributed by atoms with Gasteiger partial charge in [0.15, 0.2) is 0 Å². The Morgan fingerprint density at radius 1 is 1.00 bits per heavy atom. The van der Waals surface area contributed by atoms with Crippen LogP contribution in [0.2, 0.25) is 0 Å². The fourth-order valence-electron chi connectivity index (χ4n) is 1.50. The number of hydrogen-bond acceptors (Lipinski definition) is 5. The van der Waals surface area contributed by atoms with Gasteiger partial charge in [0.05, 0.1) is 16.1 Å². The highest BCUT2D eigenvalue weighted by Crippen LogP contribution is 2.37. The van der Waals surface area contributed by atoms with Crippen molar-refractivity contribution in [3.63, 3.8) is 0 Å². The van der Waals surface area contributed by atoms with Gasteiger partial charge >= 0.3 is 11.4 Å². The number of rotatable bonds is 3. The molecule has 0 amide bonds. The number of hydrogen-bond donors (Lipinski definition) is 0. The van der Waals surface area contributed by atoms with Gasteiger partial charge in [0.2, 0.25) is 0 Å². The number of nitrogens with zero attached hydrogens (tertiary/aromatic N) is 2. The summed E-state index contributed by atoms with van der Waals surface area (Å²) in [7, 11) is 0. The zero-order valence-corrected chi connectivity index (χ0v) is 8.40. The highest BCUT2D eigenvalue weighted by molar-refractivity contribution is 5.76. The fourth-order valence-corrected chi connectivity index (χ4v) is 1.50. The van der Waals surface area contributed by atoms with Crippen molar-refractivity contribution in [2.75, 3.05) is 0 Å². The first-order valence-electron chi connectivity index (χ1n) is 4.57. The summed E-state index contributed by atoms with van der Waals surface area (Å²) in [5.41, 5.74) is -1.02. The van der Waals surface area contributed by atoms with Crippen LogP contribution >= 0.6 is 0 Å². The molecule has 0 saturated carbocycles. The first-order valence-corrected chi connectivity index (χ1v) is 4.57. The maximum atomic E-state index is 10.9. The average molecular weight is 234 g/mol. The van der Waals surface area contributed by atoms with Crippen molar-refractivity contribution < 1.29 is 14.3 Å². The molecule has 0 unspecified atom stereocenters. The van der Waals surface area contributed by atoms with E-state index in [1.54, 1.807) is 6.07 Å². The minimum atomic E-state index is -0.787. The van der Waals surface area contributed by atoms with Crippen LogP contribution in [0.15, 0.2) is 41.0 Å². The van der Waals surface area contributed by atoms with E-state index in [2.05, 4.69) is 0 Å². The van der Waals surface area contributed by atoms with Gasteiger partial charge in [-0.15, -0.1) is 0 Å². The van der Waals surface area contributed by atoms with Crippen molar-refractivity contribution in [3.8, 4) is 11.3 Å². The molecule has 0 spiro atoms. The van der Waals surface area contributed by atoms with Gasteiger partial charge in [-0.05, 0) is 18.2 Å². The van der Waals surface area contributed by atoms with E-state index in [1.807, 2.05) is 0 Å². The lowest BCUT2D eigenvalue weighted by Crippen LogP contribution is -1.98. The molecule has 0 N–H and O–H groups in total. The second kappa shape index (κ2) is 4.05. The molecule has 0 aliphatic heterocycles. The Labute approximate surface area is 94.6 Å². The van der Waals surface area contributed by atoms with Crippen molar-refractivity contribution >= 4 is 11.4 Å². The van der Waals surface area contributed by atoms with Gasteiger partial charge in [-0.25, -0.2) is 0 Å². The van der Waals surface area contributed by atoms with Gasteiger partial charge in [-0.2, -0.15) is 0 Å². The largest absolute Gasteiger partial charge is 0.464 e. The number of para-hydroxylation sites is 1.